The summed E-state index contributed by atoms with van der Waals surface area (Å²) >= 11 is 0. The standard InChI is InChI=1S/C19H22FN/c1-14-6-5-9-18(20)19(14)21-17-12-10-16(11-13-17)15-7-3-2-4-8-15/h2-9,16-17,21H,10-13H2,1H3. The fourth-order valence-corrected chi connectivity index (χ4v) is 3.32. The summed E-state index contributed by atoms with van der Waals surface area (Å²) in [6.45, 7) is 1.96. The number of halogens is 1. The Morgan fingerprint density at radius 1 is 0.905 bits per heavy atom. The molecular formula is C19H22FN. The molecule has 0 radical (unpaired) electrons. The van der Waals surface area contributed by atoms with Crippen molar-refractivity contribution in [3.8, 4) is 0 Å². The van der Waals surface area contributed by atoms with Crippen molar-refractivity contribution in [3.63, 3.8) is 0 Å². The molecule has 2 aromatic rings. The van der Waals surface area contributed by atoms with Crippen LogP contribution in [-0.4, -0.2) is 6.04 Å². The molecule has 2 heteroatoms. The maximum atomic E-state index is 13.9. The minimum Gasteiger partial charge on any atom is -0.380 e. The maximum absolute atomic E-state index is 13.9. The van der Waals surface area contributed by atoms with Crippen LogP contribution < -0.4 is 5.32 Å². The summed E-state index contributed by atoms with van der Waals surface area (Å²) < 4.78 is 13.9. The molecular weight excluding hydrogens is 261 g/mol. The highest BCUT2D eigenvalue weighted by Crippen LogP contribution is 2.34. The first-order valence-electron chi connectivity index (χ1n) is 7.80. The molecule has 1 nitrogen and oxygen atoms in total. The van der Waals surface area contributed by atoms with Gasteiger partial charge in [0.05, 0.1) is 5.69 Å². The summed E-state index contributed by atoms with van der Waals surface area (Å²) in [5.74, 6) is 0.520. The second kappa shape index (κ2) is 6.30. The van der Waals surface area contributed by atoms with Gasteiger partial charge in [-0.3, -0.25) is 0 Å². The van der Waals surface area contributed by atoms with Gasteiger partial charge in [0.2, 0.25) is 0 Å². The van der Waals surface area contributed by atoms with Crippen LogP contribution in [-0.2, 0) is 0 Å². The van der Waals surface area contributed by atoms with Gasteiger partial charge in [-0.1, -0.05) is 42.5 Å². The SMILES string of the molecule is Cc1cccc(F)c1NC1CCC(c2ccccc2)CC1. The quantitative estimate of drug-likeness (QED) is 0.809. The van der Waals surface area contributed by atoms with E-state index in [0.717, 1.165) is 18.4 Å². The van der Waals surface area contributed by atoms with E-state index in [4.69, 9.17) is 0 Å². The molecule has 110 valence electrons. The fourth-order valence-electron chi connectivity index (χ4n) is 3.32. The number of anilines is 1. The van der Waals surface area contributed by atoms with Crippen LogP contribution in [0.4, 0.5) is 10.1 Å². The molecule has 0 bridgehead atoms. The van der Waals surface area contributed by atoms with Crippen molar-refractivity contribution in [3.05, 3.63) is 65.5 Å². The number of hydrogen-bond donors (Lipinski definition) is 1. The molecule has 0 unspecified atom stereocenters. The highest BCUT2D eigenvalue weighted by Gasteiger charge is 2.23. The van der Waals surface area contributed by atoms with Crippen LogP contribution in [0.3, 0.4) is 0 Å². The largest absolute Gasteiger partial charge is 0.380 e. The van der Waals surface area contributed by atoms with Gasteiger partial charge < -0.3 is 5.32 Å². The molecule has 1 saturated carbocycles. The van der Waals surface area contributed by atoms with Crippen LogP contribution in [0, 0.1) is 12.7 Å². The smallest absolute Gasteiger partial charge is 0.146 e. The monoisotopic (exact) mass is 283 g/mol. The topological polar surface area (TPSA) is 12.0 Å². The molecule has 1 fully saturated rings. The Labute approximate surface area is 126 Å². The average molecular weight is 283 g/mol. The minimum atomic E-state index is -0.139. The van der Waals surface area contributed by atoms with Crippen molar-refractivity contribution in [1.29, 1.82) is 0 Å². The lowest BCUT2D eigenvalue weighted by Gasteiger charge is -2.30. The Hall–Kier alpha value is -1.83. The first-order valence-corrected chi connectivity index (χ1v) is 7.80. The van der Waals surface area contributed by atoms with E-state index in [1.807, 2.05) is 13.0 Å². The molecule has 0 aromatic heterocycles. The second-order valence-electron chi connectivity index (χ2n) is 6.04. The lowest BCUT2D eigenvalue weighted by molar-refractivity contribution is 0.411. The molecule has 0 spiro atoms. The summed E-state index contributed by atoms with van der Waals surface area (Å²) in [5, 5.41) is 3.41. The molecule has 0 heterocycles. The van der Waals surface area contributed by atoms with E-state index in [-0.39, 0.29) is 5.82 Å². The minimum absolute atomic E-state index is 0.139. The number of nitrogens with one attached hydrogen (secondary N) is 1. The van der Waals surface area contributed by atoms with Crippen LogP contribution in [0.1, 0.15) is 42.7 Å². The third-order valence-electron chi connectivity index (χ3n) is 4.57. The van der Waals surface area contributed by atoms with Gasteiger partial charge in [-0.15, -0.1) is 0 Å². The Kier molecular flexibility index (Phi) is 4.23. The number of para-hydroxylation sites is 1. The lowest BCUT2D eigenvalue weighted by atomic mass is 9.81. The van der Waals surface area contributed by atoms with Gasteiger partial charge in [-0.25, -0.2) is 4.39 Å². The van der Waals surface area contributed by atoms with Crippen LogP contribution in [0.2, 0.25) is 0 Å². The van der Waals surface area contributed by atoms with Crippen molar-refractivity contribution >= 4 is 5.69 Å². The van der Waals surface area contributed by atoms with E-state index in [2.05, 4.69) is 35.6 Å². The Morgan fingerprint density at radius 2 is 1.62 bits per heavy atom. The van der Waals surface area contributed by atoms with Crippen molar-refractivity contribution in [2.75, 3.05) is 5.32 Å². The molecule has 0 aliphatic heterocycles. The summed E-state index contributed by atoms with van der Waals surface area (Å²) in [7, 11) is 0. The molecule has 1 aliphatic carbocycles. The number of benzene rings is 2. The Morgan fingerprint density at radius 3 is 2.29 bits per heavy atom. The molecule has 0 saturated heterocycles. The predicted octanol–water partition coefficient (Wildman–Crippen LogP) is 5.27. The summed E-state index contributed by atoms with van der Waals surface area (Å²) in [6, 6.07) is 16.4. The van der Waals surface area contributed by atoms with E-state index >= 15 is 0 Å². The highest BCUT2D eigenvalue weighted by molar-refractivity contribution is 5.52. The molecule has 0 atom stereocenters. The normalized spacial score (nSPS) is 22.0. The maximum Gasteiger partial charge on any atom is 0.146 e. The molecule has 0 amide bonds. The van der Waals surface area contributed by atoms with Crippen LogP contribution in [0.25, 0.3) is 0 Å². The zero-order valence-electron chi connectivity index (χ0n) is 12.5. The van der Waals surface area contributed by atoms with E-state index < -0.39 is 0 Å². The second-order valence-corrected chi connectivity index (χ2v) is 6.04. The zero-order valence-corrected chi connectivity index (χ0v) is 12.5. The molecule has 1 aliphatic rings. The van der Waals surface area contributed by atoms with Crippen LogP contribution in [0.15, 0.2) is 48.5 Å². The van der Waals surface area contributed by atoms with Crippen LogP contribution in [0.5, 0.6) is 0 Å². The third kappa shape index (κ3) is 3.26. The molecule has 1 N–H and O–H groups in total. The van der Waals surface area contributed by atoms with Crippen molar-refractivity contribution in [2.45, 2.75) is 44.6 Å². The summed E-state index contributed by atoms with van der Waals surface area (Å²) in [6.07, 6.45) is 4.56. The van der Waals surface area contributed by atoms with Gasteiger partial charge in [0.15, 0.2) is 0 Å². The van der Waals surface area contributed by atoms with E-state index in [0.29, 0.717) is 17.6 Å². The Balaban J connectivity index is 1.62. The lowest BCUT2D eigenvalue weighted by Crippen LogP contribution is -2.26. The van der Waals surface area contributed by atoms with Gasteiger partial charge in [0.1, 0.15) is 5.82 Å². The molecule has 21 heavy (non-hydrogen) atoms. The van der Waals surface area contributed by atoms with Gasteiger partial charge >= 0.3 is 0 Å². The number of rotatable bonds is 3. The van der Waals surface area contributed by atoms with Crippen molar-refractivity contribution in [1.82, 2.24) is 0 Å². The first kappa shape index (κ1) is 14.1. The van der Waals surface area contributed by atoms with Gasteiger partial charge in [-0.05, 0) is 55.7 Å². The molecule has 3 rings (SSSR count). The highest BCUT2D eigenvalue weighted by atomic mass is 19.1. The van der Waals surface area contributed by atoms with E-state index in [1.54, 1.807) is 6.07 Å². The number of hydrogen-bond acceptors (Lipinski definition) is 1. The van der Waals surface area contributed by atoms with Crippen molar-refractivity contribution in [2.24, 2.45) is 0 Å². The van der Waals surface area contributed by atoms with Gasteiger partial charge in [-0.2, -0.15) is 0 Å². The average Bonchev–Trinajstić information content (AvgIpc) is 2.53. The fraction of sp³-hybridized carbons (Fsp3) is 0.368. The third-order valence-corrected chi connectivity index (χ3v) is 4.57. The predicted molar refractivity (Wildman–Crippen MR) is 86.2 cm³/mol. The number of aryl methyl sites for hydroxylation is 1. The van der Waals surface area contributed by atoms with Gasteiger partial charge in [0.25, 0.3) is 0 Å². The molecule has 2 aromatic carbocycles. The van der Waals surface area contributed by atoms with Gasteiger partial charge in [0, 0.05) is 6.04 Å². The first-order chi connectivity index (χ1) is 10.2. The summed E-state index contributed by atoms with van der Waals surface area (Å²) in [5.41, 5.74) is 3.11. The summed E-state index contributed by atoms with van der Waals surface area (Å²) in [4.78, 5) is 0. The Bertz CT molecular complexity index is 566. The van der Waals surface area contributed by atoms with Crippen molar-refractivity contribution < 1.29 is 4.39 Å². The van der Waals surface area contributed by atoms with E-state index in [1.165, 1.54) is 24.5 Å². The van der Waals surface area contributed by atoms with Crippen LogP contribution >= 0.6 is 0 Å². The zero-order chi connectivity index (χ0) is 14.7. The van der Waals surface area contributed by atoms with E-state index in [9.17, 15) is 4.39 Å².